The molecule has 0 saturated carbocycles. The lowest BCUT2D eigenvalue weighted by molar-refractivity contribution is -0.136. The smallest absolute Gasteiger partial charge is 0.307 e. The maximum absolute atomic E-state index is 11.0. The van der Waals surface area contributed by atoms with Crippen molar-refractivity contribution in [2.45, 2.75) is 31.9 Å². The normalized spacial score (nSPS) is 24.8. The van der Waals surface area contributed by atoms with E-state index in [-0.39, 0.29) is 18.6 Å². The number of ether oxygens (including phenoxy) is 1. The van der Waals surface area contributed by atoms with Gasteiger partial charge in [0.2, 0.25) is 0 Å². The van der Waals surface area contributed by atoms with Gasteiger partial charge >= 0.3 is 5.97 Å². The van der Waals surface area contributed by atoms with Crippen molar-refractivity contribution >= 4 is 11.7 Å². The molecule has 4 heteroatoms. The van der Waals surface area contributed by atoms with E-state index in [0.29, 0.717) is 5.92 Å². The van der Waals surface area contributed by atoms with E-state index in [9.17, 15) is 4.79 Å². The van der Waals surface area contributed by atoms with Gasteiger partial charge in [0, 0.05) is 23.8 Å². The Balaban J connectivity index is 1.72. The molecule has 124 valence electrons. The molecule has 0 aliphatic carbocycles. The number of carboxylic acid groups (broad SMARTS) is 1. The molecule has 3 atom stereocenters. The molecule has 1 saturated heterocycles. The molecule has 2 unspecified atom stereocenters. The number of hydrogen-bond acceptors (Lipinski definition) is 3. The number of carboxylic acids is 1. The lowest BCUT2D eigenvalue weighted by Gasteiger charge is -2.37. The van der Waals surface area contributed by atoms with Gasteiger partial charge in [0.15, 0.2) is 0 Å². The summed E-state index contributed by atoms with van der Waals surface area (Å²) in [5.74, 6) is -0.431. The van der Waals surface area contributed by atoms with Crippen molar-refractivity contribution in [1.29, 1.82) is 0 Å². The highest BCUT2D eigenvalue weighted by Gasteiger charge is 2.41. The second-order valence-corrected chi connectivity index (χ2v) is 6.77. The highest BCUT2D eigenvalue weighted by molar-refractivity contribution is 5.71. The van der Waals surface area contributed by atoms with E-state index in [0.717, 1.165) is 29.8 Å². The Hall–Kier alpha value is -2.33. The highest BCUT2D eigenvalue weighted by atomic mass is 16.5. The number of fused-ring (bicyclic) bond motifs is 3. The van der Waals surface area contributed by atoms with Crippen LogP contribution in [-0.2, 0) is 16.0 Å². The summed E-state index contributed by atoms with van der Waals surface area (Å²) < 4.78 is 6.04. The maximum atomic E-state index is 11.0. The van der Waals surface area contributed by atoms with Gasteiger partial charge in [-0.25, -0.2) is 0 Å². The third-order valence-electron chi connectivity index (χ3n) is 5.06. The van der Waals surface area contributed by atoms with Gasteiger partial charge in [-0.2, -0.15) is 0 Å². The molecule has 4 rings (SSSR count). The van der Waals surface area contributed by atoms with Crippen molar-refractivity contribution in [3.63, 3.8) is 0 Å². The average Bonchev–Trinajstić information content (AvgIpc) is 3.03. The molecule has 2 aliphatic heterocycles. The zero-order valence-electron chi connectivity index (χ0n) is 13.7. The van der Waals surface area contributed by atoms with E-state index in [1.165, 1.54) is 11.1 Å². The number of benzene rings is 2. The standard InChI is InChI=1S/C20H21NO3/c1-12-3-2-4-14(9-12)19-15-7-8-24-20(15)16-10-13(11-18(22)23)5-6-17(16)21-19/h2-6,9-10,15,19-21H,7-8,11H2,1H3,(H,22,23)/t15?,19-,20?/m0/s1. The molecule has 2 aromatic rings. The first kappa shape index (κ1) is 15.2. The topological polar surface area (TPSA) is 58.6 Å². The molecular weight excluding hydrogens is 302 g/mol. The molecule has 0 aromatic heterocycles. The van der Waals surface area contributed by atoms with Gasteiger partial charge < -0.3 is 15.2 Å². The van der Waals surface area contributed by atoms with Gasteiger partial charge in [-0.1, -0.05) is 42.0 Å². The Morgan fingerprint density at radius 2 is 2.17 bits per heavy atom. The predicted molar refractivity (Wildman–Crippen MR) is 92.1 cm³/mol. The SMILES string of the molecule is Cc1cccc([C@@H]2Nc3ccc(CC(=O)O)cc3C3OCCC32)c1. The van der Waals surface area contributed by atoms with Gasteiger partial charge in [0.1, 0.15) is 0 Å². The minimum absolute atomic E-state index is 0.0421. The molecule has 2 aliphatic rings. The number of aryl methyl sites for hydroxylation is 1. The minimum atomic E-state index is -0.805. The second-order valence-electron chi connectivity index (χ2n) is 6.77. The van der Waals surface area contributed by atoms with E-state index in [2.05, 4.69) is 36.5 Å². The van der Waals surface area contributed by atoms with Crippen LogP contribution in [0.2, 0.25) is 0 Å². The molecule has 2 heterocycles. The van der Waals surface area contributed by atoms with E-state index in [1.54, 1.807) is 0 Å². The second kappa shape index (κ2) is 5.95. The summed E-state index contributed by atoms with van der Waals surface area (Å²) in [6.45, 7) is 2.86. The first-order valence-electron chi connectivity index (χ1n) is 8.41. The summed E-state index contributed by atoms with van der Waals surface area (Å²) in [6.07, 6.45) is 1.10. The van der Waals surface area contributed by atoms with Crippen LogP contribution in [-0.4, -0.2) is 17.7 Å². The van der Waals surface area contributed by atoms with Crippen LogP contribution in [0, 0.1) is 12.8 Å². The third kappa shape index (κ3) is 2.67. The van der Waals surface area contributed by atoms with Crippen LogP contribution in [0.3, 0.4) is 0 Å². The summed E-state index contributed by atoms with van der Waals surface area (Å²) in [7, 11) is 0. The molecule has 4 nitrogen and oxygen atoms in total. The van der Waals surface area contributed by atoms with Gasteiger partial charge in [0.05, 0.1) is 18.6 Å². The van der Waals surface area contributed by atoms with Crippen molar-refractivity contribution < 1.29 is 14.6 Å². The predicted octanol–water partition coefficient (Wildman–Crippen LogP) is 3.87. The summed E-state index contributed by atoms with van der Waals surface area (Å²) in [5.41, 5.74) is 5.52. The van der Waals surface area contributed by atoms with Crippen LogP contribution < -0.4 is 5.32 Å². The van der Waals surface area contributed by atoms with Gasteiger partial charge in [-0.3, -0.25) is 4.79 Å². The van der Waals surface area contributed by atoms with Crippen molar-refractivity contribution in [1.82, 2.24) is 0 Å². The fraction of sp³-hybridized carbons (Fsp3) is 0.350. The Kier molecular flexibility index (Phi) is 3.77. The van der Waals surface area contributed by atoms with Crippen molar-refractivity contribution in [2.75, 3.05) is 11.9 Å². The summed E-state index contributed by atoms with van der Waals surface area (Å²) >= 11 is 0. The monoisotopic (exact) mass is 323 g/mol. The van der Waals surface area contributed by atoms with E-state index in [1.807, 2.05) is 18.2 Å². The summed E-state index contributed by atoms with van der Waals surface area (Å²) in [4.78, 5) is 11.0. The molecule has 2 aromatic carbocycles. The van der Waals surface area contributed by atoms with E-state index in [4.69, 9.17) is 9.84 Å². The van der Waals surface area contributed by atoms with Crippen molar-refractivity contribution in [3.8, 4) is 0 Å². The molecule has 0 amide bonds. The Labute approximate surface area is 141 Å². The van der Waals surface area contributed by atoms with Crippen LogP contribution in [0.4, 0.5) is 5.69 Å². The largest absolute Gasteiger partial charge is 0.481 e. The number of carbonyl (C=O) groups is 1. The maximum Gasteiger partial charge on any atom is 0.307 e. The van der Waals surface area contributed by atoms with Crippen LogP contribution in [0.1, 0.15) is 40.8 Å². The van der Waals surface area contributed by atoms with Crippen LogP contribution in [0.5, 0.6) is 0 Å². The molecular formula is C20H21NO3. The molecule has 0 radical (unpaired) electrons. The molecule has 24 heavy (non-hydrogen) atoms. The number of nitrogens with one attached hydrogen (secondary N) is 1. The van der Waals surface area contributed by atoms with Crippen LogP contribution >= 0.6 is 0 Å². The summed E-state index contributed by atoms with van der Waals surface area (Å²) in [6, 6.07) is 14.7. The summed E-state index contributed by atoms with van der Waals surface area (Å²) in [5, 5.41) is 12.7. The minimum Gasteiger partial charge on any atom is -0.481 e. The Morgan fingerprint density at radius 1 is 1.29 bits per heavy atom. The molecule has 0 bridgehead atoms. The molecule has 0 spiro atoms. The van der Waals surface area contributed by atoms with Gasteiger partial charge in [-0.15, -0.1) is 0 Å². The first-order valence-corrected chi connectivity index (χ1v) is 8.41. The average molecular weight is 323 g/mol. The molecule has 2 N–H and O–H groups in total. The Morgan fingerprint density at radius 3 is 2.96 bits per heavy atom. The third-order valence-corrected chi connectivity index (χ3v) is 5.06. The fourth-order valence-electron chi connectivity index (χ4n) is 4.00. The first-order chi connectivity index (χ1) is 11.6. The van der Waals surface area contributed by atoms with Crippen LogP contribution in [0.25, 0.3) is 0 Å². The lowest BCUT2D eigenvalue weighted by Crippen LogP contribution is -2.29. The van der Waals surface area contributed by atoms with E-state index < -0.39 is 5.97 Å². The van der Waals surface area contributed by atoms with Gasteiger partial charge in [-0.05, 0) is 30.5 Å². The van der Waals surface area contributed by atoms with E-state index >= 15 is 0 Å². The zero-order valence-corrected chi connectivity index (χ0v) is 13.7. The van der Waals surface area contributed by atoms with Crippen molar-refractivity contribution in [2.24, 2.45) is 5.92 Å². The number of anilines is 1. The number of hydrogen-bond donors (Lipinski definition) is 2. The number of aliphatic carboxylic acids is 1. The molecule has 1 fully saturated rings. The van der Waals surface area contributed by atoms with Crippen molar-refractivity contribution in [3.05, 3.63) is 64.7 Å². The van der Waals surface area contributed by atoms with Crippen LogP contribution in [0.15, 0.2) is 42.5 Å². The fourth-order valence-corrected chi connectivity index (χ4v) is 4.00. The highest BCUT2D eigenvalue weighted by Crippen LogP contribution is 2.50. The van der Waals surface area contributed by atoms with Gasteiger partial charge in [0.25, 0.3) is 0 Å². The quantitative estimate of drug-likeness (QED) is 0.900. The zero-order chi connectivity index (χ0) is 16.7. The number of rotatable bonds is 3. The Bertz CT molecular complexity index is 786. The lowest BCUT2D eigenvalue weighted by atomic mass is 9.80.